The van der Waals surface area contributed by atoms with Crippen molar-refractivity contribution in [2.75, 3.05) is 6.54 Å². The molecule has 1 aromatic heterocycles. The number of aromatic amines is 1. The third-order valence-electron chi connectivity index (χ3n) is 3.52. The molecule has 2 rings (SSSR count). The second-order valence-electron chi connectivity index (χ2n) is 5.34. The summed E-state index contributed by atoms with van der Waals surface area (Å²) in [5.41, 5.74) is 4.58. The molecule has 0 aliphatic rings. The SMILES string of the molecule is Cc1ccc(C)c(CCNS(=O)(=O)c2c(C)n[nH]c2C)c1. The molecule has 2 N–H and O–H groups in total. The third-order valence-corrected chi connectivity index (χ3v) is 5.24. The number of hydrogen-bond donors (Lipinski definition) is 2. The fourth-order valence-corrected chi connectivity index (χ4v) is 3.80. The average molecular weight is 307 g/mol. The van der Waals surface area contributed by atoms with Crippen LogP contribution in [0.2, 0.25) is 0 Å². The standard InChI is InChI=1S/C15H21N3O2S/c1-10-5-6-11(2)14(9-10)7-8-16-21(19,20)15-12(3)17-18-13(15)4/h5-6,9,16H,7-8H2,1-4H3,(H,17,18). The van der Waals surface area contributed by atoms with Crippen LogP contribution >= 0.6 is 0 Å². The van der Waals surface area contributed by atoms with Gasteiger partial charge in [-0.1, -0.05) is 23.8 Å². The summed E-state index contributed by atoms with van der Waals surface area (Å²) in [5, 5.41) is 6.63. The number of benzene rings is 1. The zero-order chi connectivity index (χ0) is 15.6. The second kappa shape index (κ2) is 5.99. The van der Waals surface area contributed by atoms with Crippen LogP contribution in [0, 0.1) is 27.7 Å². The molecule has 0 aliphatic carbocycles. The van der Waals surface area contributed by atoms with Crippen LogP contribution in [0.5, 0.6) is 0 Å². The Hall–Kier alpha value is -1.66. The smallest absolute Gasteiger partial charge is 0.244 e. The van der Waals surface area contributed by atoms with Crippen molar-refractivity contribution in [2.45, 2.75) is 39.0 Å². The highest BCUT2D eigenvalue weighted by atomic mass is 32.2. The lowest BCUT2D eigenvalue weighted by Gasteiger charge is -2.09. The number of sulfonamides is 1. The molecule has 21 heavy (non-hydrogen) atoms. The highest BCUT2D eigenvalue weighted by Gasteiger charge is 2.21. The first-order valence-corrected chi connectivity index (χ1v) is 8.37. The summed E-state index contributed by atoms with van der Waals surface area (Å²) < 4.78 is 27.3. The molecule has 0 unspecified atom stereocenters. The number of H-pyrrole nitrogens is 1. The summed E-state index contributed by atoms with van der Waals surface area (Å²) >= 11 is 0. The van der Waals surface area contributed by atoms with Gasteiger partial charge in [0, 0.05) is 6.54 Å². The van der Waals surface area contributed by atoms with Crippen LogP contribution in [0.15, 0.2) is 23.1 Å². The zero-order valence-electron chi connectivity index (χ0n) is 12.8. The number of nitrogens with one attached hydrogen (secondary N) is 2. The van der Waals surface area contributed by atoms with Gasteiger partial charge in [-0.25, -0.2) is 13.1 Å². The predicted octanol–water partition coefficient (Wildman–Crippen LogP) is 2.16. The lowest BCUT2D eigenvalue weighted by molar-refractivity contribution is 0.580. The van der Waals surface area contributed by atoms with E-state index < -0.39 is 10.0 Å². The van der Waals surface area contributed by atoms with Crippen molar-refractivity contribution in [1.82, 2.24) is 14.9 Å². The number of rotatable bonds is 5. The maximum absolute atomic E-state index is 12.3. The van der Waals surface area contributed by atoms with Crippen molar-refractivity contribution >= 4 is 10.0 Å². The molecule has 0 atom stereocenters. The van der Waals surface area contributed by atoms with Crippen molar-refractivity contribution in [2.24, 2.45) is 0 Å². The molecular weight excluding hydrogens is 286 g/mol. The minimum absolute atomic E-state index is 0.253. The van der Waals surface area contributed by atoms with E-state index in [9.17, 15) is 8.42 Å². The Morgan fingerprint density at radius 3 is 2.52 bits per heavy atom. The summed E-state index contributed by atoms with van der Waals surface area (Å²) in [4.78, 5) is 0.253. The minimum Gasteiger partial charge on any atom is -0.281 e. The normalized spacial score (nSPS) is 11.8. The van der Waals surface area contributed by atoms with E-state index in [2.05, 4.69) is 33.1 Å². The van der Waals surface area contributed by atoms with Crippen LogP contribution in [-0.2, 0) is 16.4 Å². The minimum atomic E-state index is -3.52. The van der Waals surface area contributed by atoms with Gasteiger partial charge in [0.15, 0.2) is 0 Å². The van der Waals surface area contributed by atoms with Crippen molar-refractivity contribution in [3.63, 3.8) is 0 Å². The molecule has 1 aromatic carbocycles. The van der Waals surface area contributed by atoms with Gasteiger partial charge in [-0.05, 0) is 45.2 Å². The summed E-state index contributed by atoms with van der Waals surface area (Å²) in [6.07, 6.45) is 0.669. The van der Waals surface area contributed by atoms with E-state index in [1.807, 2.05) is 13.8 Å². The summed E-state index contributed by atoms with van der Waals surface area (Å²) in [7, 11) is -3.52. The maximum atomic E-state index is 12.3. The molecule has 0 aliphatic heterocycles. The van der Waals surface area contributed by atoms with Crippen molar-refractivity contribution < 1.29 is 8.42 Å². The van der Waals surface area contributed by atoms with E-state index in [1.165, 1.54) is 16.7 Å². The molecule has 0 spiro atoms. The molecule has 1 heterocycles. The summed E-state index contributed by atoms with van der Waals surface area (Å²) in [5.74, 6) is 0. The molecule has 114 valence electrons. The number of nitrogens with zero attached hydrogens (tertiary/aromatic N) is 1. The van der Waals surface area contributed by atoms with Gasteiger partial charge in [0.05, 0.1) is 11.4 Å². The van der Waals surface area contributed by atoms with Crippen molar-refractivity contribution in [1.29, 1.82) is 0 Å². The van der Waals surface area contributed by atoms with E-state index in [1.54, 1.807) is 13.8 Å². The highest BCUT2D eigenvalue weighted by Crippen LogP contribution is 2.16. The van der Waals surface area contributed by atoms with E-state index in [0.29, 0.717) is 24.4 Å². The van der Waals surface area contributed by atoms with E-state index in [-0.39, 0.29) is 4.90 Å². The van der Waals surface area contributed by atoms with Gasteiger partial charge in [0.1, 0.15) is 4.90 Å². The lowest BCUT2D eigenvalue weighted by Crippen LogP contribution is -2.27. The molecule has 0 radical (unpaired) electrons. The topological polar surface area (TPSA) is 74.8 Å². The van der Waals surface area contributed by atoms with Gasteiger partial charge < -0.3 is 0 Å². The van der Waals surface area contributed by atoms with Gasteiger partial charge in [0.2, 0.25) is 10.0 Å². The Balaban J connectivity index is 2.08. The van der Waals surface area contributed by atoms with Gasteiger partial charge in [0.25, 0.3) is 0 Å². The molecule has 0 saturated carbocycles. The largest absolute Gasteiger partial charge is 0.281 e. The van der Waals surface area contributed by atoms with Crippen LogP contribution in [0.25, 0.3) is 0 Å². The quantitative estimate of drug-likeness (QED) is 0.889. The number of aromatic nitrogens is 2. The lowest BCUT2D eigenvalue weighted by atomic mass is 10.0. The van der Waals surface area contributed by atoms with Gasteiger partial charge in [-0.2, -0.15) is 5.10 Å². The van der Waals surface area contributed by atoms with Crippen LogP contribution in [0.4, 0.5) is 0 Å². The van der Waals surface area contributed by atoms with Crippen LogP contribution in [0.3, 0.4) is 0 Å². The zero-order valence-corrected chi connectivity index (χ0v) is 13.6. The third kappa shape index (κ3) is 3.51. The Labute approximate surface area is 125 Å². The Kier molecular flexibility index (Phi) is 4.49. The fourth-order valence-electron chi connectivity index (χ4n) is 2.40. The molecule has 0 saturated heterocycles. The predicted molar refractivity (Wildman–Crippen MR) is 82.9 cm³/mol. The molecule has 5 nitrogen and oxygen atoms in total. The van der Waals surface area contributed by atoms with Gasteiger partial charge in [-0.15, -0.1) is 0 Å². The van der Waals surface area contributed by atoms with Gasteiger partial charge >= 0.3 is 0 Å². The fraction of sp³-hybridized carbons (Fsp3) is 0.400. The number of hydrogen-bond acceptors (Lipinski definition) is 3. The summed E-state index contributed by atoms with van der Waals surface area (Å²) in [6, 6.07) is 6.21. The summed E-state index contributed by atoms with van der Waals surface area (Å²) in [6.45, 7) is 7.83. The van der Waals surface area contributed by atoms with E-state index >= 15 is 0 Å². The van der Waals surface area contributed by atoms with Crippen LogP contribution in [0.1, 0.15) is 28.1 Å². The highest BCUT2D eigenvalue weighted by molar-refractivity contribution is 7.89. The Bertz CT molecular complexity index is 729. The van der Waals surface area contributed by atoms with Crippen molar-refractivity contribution in [3.05, 3.63) is 46.3 Å². The molecule has 0 bridgehead atoms. The average Bonchev–Trinajstić information content (AvgIpc) is 2.73. The first-order chi connectivity index (χ1) is 9.81. The van der Waals surface area contributed by atoms with Gasteiger partial charge in [-0.3, -0.25) is 5.10 Å². The molecule has 0 fully saturated rings. The molecular formula is C15H21N3O2S. The second-order valence-corrected chi connectivity index (χ2v) is 7.04. The molecule has 6 heteroatoms. The molecule has 2 aromatic rings. The Morgan fingerprint density at radius 2 is 1.90 bits per heavy atom. The number of aryl methyl sites for hydroxylation is 4. The molecule has 0 amide bonds. The van der Waals surface area contributed by atoms with Crippen molar-refractivity contribution in [3.8, 4) is 0 Å². The van der Waals surface area contributed by atoms with E-state index in [0.717, 1.165) is 0 Å². The van der Waals surface area contributed by atoms with Crippen LogP contribution in [-0.4, -0.2) is 25.2 Å². The maximum Gasteiger partial charge on any atom is 0.244 e. The van der Waals surface area contributed by atoms with Crippen LogP contribution < -0.4 is 4.72 Å². The first kappa shape index (κ1) is 15.7. The van der Waals surface area contributed by atoms with E-state index in [4.69, 9.17) is 0 Å². The monoisotopic (exact) mass is 307 g/mol. The first-order valence-electron chi connectivity index (χ1n) is 6.88. The Morgan fingerprint density at radius 1 is 1.19 bits per heavy atom.